The van der Waals surface area contributed by atoms with Crippen molar-refractivity contribution in [1.82, 2.24) is 4.98 Å². The largest absolute Gasteiger partial charge is 0.462 e. The van der Waals surface area contributed by atoms with E-state index in [4.69, 9.17) is 4.74 Å². The standard InChI is InChI=1S/C22H20FN3O3/c1-2-29-22(28)15-7-9-18(10-8-15)26-21(27)17-11-19(14-24-12-17)25-13-16-5-3-4-6-20(16)23/h3-12,14,25H,2,13H2,1H3,(H,26,27). The van der Waals surface area contributed by atoms with E-state index < -0.39 is 5.97 Å². The van der Waals surface area contributed by atoms with Gasteiger partial charge in [-0.15, -0.1) is 0 Å². The molecule has 29 heavy (non-hydrogen) atoms. The van der Waals surface area contributed by atoms with Crippen LogP contribution in [0, 0.1) is 5.82 Å². The predicted molar refractivity (Wildman–Crippen MR) is 108 cm³/mol. The molecule has 1 heterocycles. The van der Waals surface area contributed by atoms with E-state index >= 15 is 0 Å². The van der Waals surface area contributed by atoms with Crippen LogP contribution in [0.15, 0.2) is 67.0 Å². The number of carbonyl (C=O) groups excluding carboxylic acids is 2. The molecule has 2 aromatic carbocycles. The number of nitrogens with one attached hydrogen (secondary N) is 2. The second-order valence-electron chi connectivity index (χ2n) is 6.16. The summed E-state index contributed by atoms with van der Waals surface area (Å²) >= 11 is 0. The second kappa shape index (κ2) is 9.45. The summed E-state index contributed by atoms with van der Waals surface area (Å²) in [7, 11) is 0. The summed E-state index contributed by atoms with van der Waals surface area (Å²) in [5.74, 6) is -1.06. The molecule has 1 amide bonds. The van der Waals surface area contributed by atoms with Crippen LogP contribution in [-0.4, -0.2) is 23.5 Å². The Kier molecular flexibility index (Phi) is 6.52. The number of ether oxygens (including phenoxy) is 1. The van der Waals surface area contributed by atoms with Gasteiger partial charge in [0.2, 0.25) is 0 Å². The average molecular weight is 393 g/mol. The van der Waals surface area contributed by atoms with E-state index in [1.807, 2.05) is 0 Å². The van der Waals surface area contributed by atoms with Crippen LogP contribution in [0.25, 0.3) is 0 Å². The summed E-state index contributed by atoms with van der Waals surface area (Å²) in [6.45, 7) is 2.31. The van der Waals surface area contributed by atoms with Gasteiger partial charge in [-0.1, -0.05) is 18.2 Å². The molecule has 0 aliphatic carbocycles. The first kappa shape index (κ1) is 20.0. The Labute approximate surface area is 167 Å². The summed E-state index contributed by atoms with van der Waals surface area (Å²) in [6, 6.07) is 14.5. The highest BCUT2D eigenvalue weighted by Crippen LogP contribution is 2.15. The fraction of sp³-hybridized carbons (Fsp3) is 0.136. The number of nitrogens with zero attached hydrogens (tertiary/aromatic N) is 1. The molecule has 0 saturated carbocycles. The lowest BCUT2D eigenvalue weighted by molar-refractivity contribution is 0.0526. The molecular formula is C22H20FN3O3. The Hall–Kier alpha value is -3.74. The predicted octanol–water partition coefficient (Wildman–Crippen LogP) is 4.26. The van der Waals surface area contributed by atoms with Crippen molar-refractivity contribution in [2.45, 2.75) is 13.5 Å². The normalized spacial score (nSPS) is 10.3. The summed E-state index contributed by atoms with van der Waals surface area (Å²) < 4.78 is 18.6. The molecule has 3 rings (SSSR count). The van der Waals surface area contributed by atoms with Crippen LogP contribution < -0.4 is 10.6 Å². The maximum absolute atomic E-state index is 13.7. The summed E-state index contributed by atoms with van der Waals surface area (Å²) in [6.07, 6.45) is 3.00. The molecule has 148 valence electrons. The highest BCUT2D eigenvalue weighted by Gasteiger charge is 2.10. The quantitative estimate of drug-likeness (QED) is 0.586. The van der Waals surface area contributed by atoms with Crippen LogP contribution in [0.5, 0.6) is 0 Å². The van der Waals surface area contributed by atoms with Crippen molar-refractivity contribution >= 4 is 23.3 Å². The average Bonchev–Trinajstić information content (AvgIpc) is 2.74. The smallest absolute Gasteiger partial charge is 0.338 e. The SMILES string of the molecule is CCOC(=O)c1ccc(NC(=O)c2cncc(NCc3ccccc3F)c2)cc1. The summed E-state index contributed by atoms with van der Waals surface area (Å²) in [5, 5.41) is 5.81. The Bertz CT molecular complexity index is 1010. The third-order valence-corrected chi connectivity index (χ3v) is 4.10. The monoisotopic (exact) mass is 393 g/mol. The zero-order chi connectivity index (χ0) is 20.6. The van der Waals surface area contributed by atoms with Crippen LogP contribution in [0.1, 0.15) is 33.2 Å². The Balaban J connectivity index is 1.63. The molecule has 7 heteroatoms. The van der Waals surface area contributed by atoms with Gasteiger partial charge in [-0.05, 0) is 43.3 Å². The maximum atomic E-state index is 13.7. The molecule has 0 fully saturated rings. The number of aromatic nitrogens is 1. The lowest BCUT2D eigenvalue weighted by atomic mass is 10.2. The van der Waals surface area contributed by atoms with Crippen LogP contribution in [0.3, 0.4) is 0 Å². The fourth-order valence-corrected chi connectivity index (χ4v) is 2.61. The van der Waals surface area contributed by atoms with Crippen molar-refractivity contribution in [3.63, 3.8) is 0 Å². The number of halogens is 1. The number of esters is 1. The van der Waals surface area contributed by atoms with Gasteiger partial charge in [-0.2, -0.15) is 0 Å². The highest BCUT2D eigenvalue weighted by molar-refractivity contribution is 6.04. The Morgan fingerprint density at radius 2 is 1.76 bits per heavy atom. The fourth-order valence-electron chi connectivity index (χ4n) is 2.61. The molecule has 0 spiro atoms. The molecule has 0 unspecified atom stereocenters. The molecule has 6 nitrogen and oxygen atoms in total. The minimum Gasteiger partial charge on any atom is -0.462 e. The van der Waals surface area contributed by atoms with Crippen LogP contribution in [-0.2, 0) is 11.3 Å². The molecule has 0 bridgehead atoms. The van der Waals surface area contributed by atoms with E-state index in [1.165, 1.54) is 12.3 Å². The van der Waals surface area contributed by atoms with Crippen molar-refractivity contribution in [2.24, 2.45) is 0 Å². The number of amides is 1. The van der Waals surface area contributed by atoms with E-state index in [1.54, 1.807) is 61.7 Å². The minimum atomic E-state index is -0.414. The van der Waals surface area contributed by atoms with Crippen molar-refractivity contribution in [1.29, 1.82) is 0 Å². The van der Waals surface area contributed by atoms with Gasteiger partial charge in [0, 0.05) is 30.2 Å². The van der Waals surface area contributed by atoms with E-state index in [0.29, 0.717) is 34.7 Å². The van der Waals surface area contributed by atoms with Crippen LogP contribution in [0.4, 0.5) is 15.8 Å². The maximum Gasteiger partial charge on any atom is 0.338 e. The van der Waals surface area contributed by atoms with Gasteiger partial charge in [-0.25, -0.2) is 9.18 Å². The van der Waals surface area contributed by atoms with Gasteiger partial charge in [0.1, 0.15) is 5.82 Å². The number of carbonyl (C=O) groups is 2. The van der Waals surface area contributed by atoms with Gasteiger partial charge < -0.3 is 15.4 Å². The first-order valence-electron chi connectivity index (χ1n) is 9.07. The lowest BCUT2D eigenvalue weighted by Gasteiger charge is -2.10. The Morgan fingerprint density at radius 1 is 1.00 bits per heavy atom. The van der Waals surface area contributed by atoms with Crippen molar-refractivity contribution < 1.29 is 18.7 Å². The van der Waals surface area contributed by atoms with Crippen molar-refractivity contribution in [3.05, 3.63) is 89.5 Å². The molecular weight excluding hydrogens is 373 g/mol. The first-order valence-corrected chi connectivity index (χ1v) is 9.07. The number of pyridine rings is 1. The van der Waals surface area contributed by atoms with Crippen LogP contribution in [0.2, 0.25) is 0 Å². The lowest BCUT2D eigenvalue weighted by Crippen LogP contribution is -2.13. The zero-order valence-electron chi connectivity index (χ0n) is 15.8. The minimum absolute atomic E-state index is 0.273. The summed E-state index contributed by atoms with van der Waals surface area (Å²) in [5.41, 5.74) is 2.40. The molecule has 0 aliphatic heterocycles. The molecule has 0 atom stereocenters. The third kappa shape index (κ3) is 5.38. The van der Waals surface area contributed by atoms with E-state index in [0.717, 1.165) is 0 Å². The third-order valence-electron chi connectivity index (χ3n) is 4.10. The van der Waals surface area contributed by atoms with Gasteiger partial charge in [-0.3, -0.25) is 9.78 Å². The van der Waals surface area contributed by atoms with Gasteiger partial charge in [0.15, 0.2) is 0 Å². The number of rotatable bonds is 7. The molecule has 0 saturated heterocycles. The topological polar surface area (TPSA) is 80.3 Å². The van der Waals surface area contributed by atoms with E-state index in [9.17, 15) is 14.0 Å². The number of anilines is 2. The first-order chi connectivity index (χ1) is 14.1. The molecule has 2 N–H and O–H groups in total. The zero-order valence-corrected chi connectivity index (χ0v) is 15.8. The van der Waals surface area contributed by atoms with E-state index in [2.05, 4.69) is 15.6 Å². The highest BCUT2D eigenvalue weighted by atomic mass is 19.1. The van der Waals surface area contributed by atoms with Gasteiger partial charge >= 0.3 is 5.97 Å². The summed E-state index contributed by atoms with van der Waals surface area (Å²) in [4.78, 5) is 28.2. The second-order valence-corrected chi connectivity index (χ2v) is 6.16. The molecule has 3 aromatic rings. The molecule has 0 radical (unpaired) electrons. The van der Waals surface area contributed by atoms with E-state index in [-0.39, 0.29) is 18.3 Å². The number of hydrogen-bond acceptors (Lipinski definition) is 5. The molecule has 1 aromatic heterocycles. The number of hydrogen-bond donors (Lipinski definition) is 2. The van der Waals surface area contributed by atoms with Gasteiger partial charge in [0.25, 0.3) is 5.91 Å². The van der Waals surface area contributed by atoms with Gasteiger partial charge in [0.05, 0.1) is 23.4 Å². The number of benzene rings is 2. The Morgan fingerprint density at radius 3 is 2.48 bits per heavy atom. The van der Waals surface area contributed by atoms with Crippen molar-refractivity contribution in [2.75, 3.05) is 17.2 Å². The molecule has 0 aliphatic rings. The van der Waals surface area contributed by atoms with Crippen molar-refractivity contribution in [3.8, 4) is 0 Å². The van der Waals surface area contributed by atoms with Crippen LogP contribution >= 0.6 is 0 Å².